The number of primary amides is 1. The molecule has 3 N–H and O–H groups in total. The van der Waals surface area contributed by atoms with E-state index >= 15 is 0 Å². The number of ketones is 1. The molecule has 0 unspecified atom stereocenters. The monoisotopic (exact) mass is 487 g/mol. The van der Waals surface area contributed by atoms with Crippen LogP contribution in [0.4, 0.5) is 0 Å². The van der Waals surface area contributed by atoms with Gasteiger partial charge < -0.3 is 15.7 Å². The molecule has 2 amide bonds. The summed E-state index contributed by atoms with van der Waals surface area (Å²) < 4.78 is 1.34. The number of carbonyl (C=O) groups excluding carboxylic acids is 3. The van der Waals surface area contributed by atoms with E-state index in [1.165, 1.54) is 16.5 Å². The topological polar surface area (TPSA) is 148 Å². The van der Waals surface area contributed by atoms with Crippen LogP contribution in [0.1, 0.15) is 48.2 Å². The molecule has 0 radical (unpaired) electrons. The second kappa shape index (κ2) is 7.46. The molecule has 3 heterocycles. The lowest BCUT2D eigenvalue weighted by molar-refractivity contribution is -0.154. The molecule has 36 heavy (non-hydrogen) atoms. The molecule has 184 valence electrons. The van der Waals surface area contributed by atoms with Crippen molar-refractivity contribution in [2.75, 3.05) is 0 Å². The molecule has 10 nitrogen and oxygen atoms in total. The molecular formula is C26H25N5O5. The van der Waals surface area contributed by atoms with Crippen LogP contribution in [0.3, 0.4) is 0 Å². The first-order valence-electron chi connectivity index (χ1n) is 11.9. The number of pyridine rings is 1. The van der Waals surface area contributed by atoms with Crippen molar-refractivity contribution in [2.24, 2.45) is 17.1 Å². The number of amides is 2. The minimum atomic E-state index is -1.11. The summed E-state index contributed by atoms with van der Waals surface area (Å²) in [5.74, 6) is -2.66. The molecule has 2 aliphatic carbocycles. The highest BCUT2D eigenvalue weighted by Gasteiger charge is 2.85. The highest BCUT2D eigenvalue weighted by Crippen LogP contribution is 2.78. The van der Waals surface area contributed by atoms with Gasteiger partial charge in [0, 0.05) is 19.0 Å². The Bertz CT molecular complexity index is 1450. The molecule has 0 spiro atoms. The van der Waals surface area contributed by atoms with Crippen molar-refractivity contribution in [3.8, 4) is 0 Å². The van der Waals surface area contributed by atoms with E-state index < -0.39 is 34.8 Å². The van der Waals surface area contributed by atoms with Gasteiger partial charge in [-0.15, -0.1) is 0 Å². The summed E-state index contributed by atoms with van der Waals surface area (Å²) in [5.41, 5.74) is 5.56. The van der Waals surface area contributed by atoms with E-state index in [0.29, 0.717) is 23.9 Å². The molecule has 6 rings (SSSR count). The van der Waals surface area contributed by atoms with Crippen molar-refractivity contribution in [3.63, 3.8) is 0 Å². The maximum absolute atomic E-state index is 13.9. The van der Waals surface area contributed by atoms with Gasteiger partial charge >= 0.3 is 5.97 Å². The lowest BCUT2D eigenvalue weighted by atomic mass is 9.85. The van der Waals surface area contributed by atoms with Crippen LogP contribution >= 0.6 is 0 Å². The number of nitrogens with zero attached hydrogens (tertiary/aromatic N) is 4. The normalized spacial score (nSPS) is 30.1. The number of fused-ring (bicyclic) bond motifs is 2. The molecule has 0 bridgehead atoms. The molecule has 3 aliphatic rings. The van der Waals surface area contributed by atoms with E-state index in [9.17, 15) is 24.3 Å². The summed E-state index contributed by atoms with van der Waals surface area (Å²) in [6.07, 6.45) is 2.82. The van der Waals surface area contributed by atoms with Crippen LogP contribution in [0.25, 0.3) is 11.0 Å². The van der Waals surface area contributed by atoms with Crippen molar-refractivity contribution >= 4 is 34.6 Å². The van der Waals surface area contributed by atoms with Crippen molar-refractivity contribution in [1.82, 2.24) is 19.7 Å². The SMILES string of the molecule is CC(=O)c1nn(CC(=O)N2[C@H](C(=O)O)C[C@H]3C[C@@]32[C@@]2(C(N)=O)C[C@H]2c2ccccc2)c2ncccc12. The van der Waals surface area contributed by atoms with Crippen molar-refractivity contribution in [2.45, 2.75) is 50.2 Å². The highest BCUT2D eigenvalue weighted by atomic mass is 16.4. The number of likely N-dealkylation sites (tertiary alicyclic amines) is 1. The Hall–Kier alpha value is -4.08. The Morgan fingerprint density at radius 2 is 1.86 bits per heavy atom. The Labute approximate surface area is 206 Å². The smallest absolute Gasteiger partial charge is 0.326 e. The van der Waals surface area contributed by atoms with Gasteiger partial charge in [-0.2, -0.15) is 5.10 Å². The van der Waals surface area contributed by atoms with Crippen molar-refractivity contribution < 1.29 is 24.3 Å². The van der Waals surface area contributed by atoms with Gasteiger partial charge in [-0.1, -0.05) is 30.3 Å². The molecule has 3 aromatic rings. The van der Waals surface area contributed by atoms with Gasteiger partial charge in [0.05, 0.1) is 16.3 Å². The highest BCUT2D eigenvalue weighted by molar-refractivity contribution is 6.04. The van der Waals surface area contributed by atoms with E-state index in [4.69, 9.17) is 5.73 Å². The van der Waals surface area contributed by atoms with Gasteiger partial charge in [0.2, 0.25) is 11.8 Å². The number of carboxylic acid groups (broad SMARTS) is 1. The quantitative estimate of drug-likeness (QED) is 0.482. The lowest BCUT2D eigenvalue weighted by Crippen LogP contribution is -2.56. The summed E-state index contributed by atoms with van der Waals surface area (Å²) in [6, 6.07) is 11.9. The summed E-state index contributed by atoms with van der Waals surface area (Å²) >= 11 is 0. The number of nitrogens with two attached hydrogens (primary N) is 1. The first-order chi connectivity index (χ1) is 17.2. The van der Waals surface area contributed by atoms with Crippen LogP contribution in [-0.4, -0.2) is 59.9 Å². The zero-order chi connectivity index (χ0) is 25.4. The predicted octanol–water partition coefficient (Wildman–Crippen LogP) is 1.74. The molecule has 10 heteroatoms. The third-order valence-corrected chi connectivity index (χ3v) is 8.38. The fraction of sp³-hybridized carbons (Fsp3) is 0.385. The molecule has 2 saturated carbocycles. The van der Waals surface area contributed by atoms with Gasteiger partial charge in [-0.05, 0) is 42.9 Å². The van der Waals surface area contributed by atoms with Crippen LogP contribution in [0, 0.1) is 11.3 Å². The number of carboxylic acids is 1. The van der Waals surface area contributed by atoms with Crippen LogP contribution in [0.5, 0.6) is 0 Å². The average molecular weight is 488 g/mol. The average Bonchev–Trinajstić information content (AvgIpc) is 3.72. The van der Waals surface area contributed by atoms with Crippen molar-refractivity contribution in [1.29, 1.82) is 0 Å². The number of benzene rings is 1. The fourth-order valence-electron chi connectivity index (χ4n) is 6.81. The maximum atomic E-state index is 13.9. The van der Waals surface area contributed by atoms with E-state index in [2.05, 4.69) is 10.1 Å². The number of hydrogen-bond donors (Lipinski definition) is 2. The third-order valence-electron chi connectivity index (χ3n) is 8.38. The second-order valence-corrected chi connectivity index (χ2v) is 10.1. The van der Waals surface area contributed by atoms with E-state index in [1.807, 2.05) is 30.3 Å². The first kappa shape index (κ1) is 22.4. The number of piperidine rings is 1. The Kier molecular flexibility index (Phi) is 4.64. The third kappa shape index (κ3) is 2.84. The predicted molar refractivity (Wildman–Crippen MR) is 127 cm³/mol. The molecule has 3 fully saturated rings. The van der Waals surface area contributed by atoms with Gasteiger partial charge in [0.15, 0.2) is 11.4 Å². The zero-order valence-corrected chi connectivity index (χ0v) is 19.6. The number of aliphatic carboxylic acids is 1. The fourth-order valence-corrected chi connectivity index (χ4v) is 6.81. The van der Waals surface area contributed by atoms with Gasteiger partial charge in [0.25, 0.3) is 0 Å². The Balaban J connectivity index is 1.40. The summed E-state index contributed by atoms with van der Waals surface area (Å²) in [7, 11) is 0. The second-order valence-electron chi connectivity index (χ2n) is 10.1. The molecule has 1 aromatic carbocycles. The molecule has 1 saturated heterocycles. The van der Waals surface area contributed by atoms with E-state index in [1.54, 1.807) is 18.3 Å². The number of rotatable bonds is 7. The number of Topliss-reactive ketones (excluding diaryl/α,β-unsaturated/α-hetero) is 1. The van der Waals surface area contributed by atoms with E-state index in [0.717, 1.165) is 5.56 Å². The minimum absolute atomic E-state index is 0.121. The Morgan fingerprint density at radius 3 is 2.53 bits per heavy atom. The zero-order valence-electron chi connectivity index (χ0n) is 19.6. The van der Waals surface area contributed by atoms with E-state index in [-0.39, 0.29) is 36.3 Å². The number of hydrogen-bond acceptors (Lipinski definition) is 6. The van der Waals surface area contributed by atoms with Gasteiger partial charge in [0.1, 0.15) is 18.3 Å². The Morgan fingerprint density at radius 1 is 1.11 bits per heavy atom. The standard InChI is InChI=1S/C26H25N5O5/c1-14(32)21-17-8-5-9-28-22(17)30(29-21)13-20(33)31-19(23(34)35)10-16-11-26(16,31)25(24(27)36)12-18(25)15-6-3-2-4-7-15/h2-9,16,18-19H,10-13H2,1H3,(H2,27,36)(H,34,35)/t16-,18-,19-,25-,26-/m0/s1. The lowest BCUT2D eigenvalue weighted by Gasteiger charge is -2.37. The molecular weight excluding hydrogens is 462 g/mol. The van der Waals surface area contributed by atoms with Crippen LogP contribution < -0.4 is 5.73 Å². The van der Waals surface area contributed by atoms with Crippen LogP contribution in [-0.2, 0) is 20.9 Å². The van der Waals surface area contributed by atoms with Gasteiger partial charge in [-0.25, -0.2) is 14.5 Å². The summed E-state index contributed by atoms with van der Waals surface area (Å²) in [6.45, 7) is 1.09. The van der Waals surface area contributed by atoms with Crippen LogP contribution in [0.2, 0.25) is 0 Å². The number of aromatic nitrogens is 3. The molecule has 2 aromatic heterocycles. The summed E-state index contributed by atoms with van der Waals surface area (Å²) in [5, 5.41) is 14.9. The largest absolute Gasteiger partial charge is 0.480 e. The molecule has 5 atom stereocenters. The maximum Gasteiger partial charge on any atom is 0.326 e. The number of carbonyl (C=O) groups is 4. The summed E-state index contributed by atoms with van der Waals surface area (Å²) in [4.78, 5) is 57.0. The molecule has 1 aliphatic heterocycles. The van der Waals surface area contributed by atoms with Crippen molar-refractivity contribution in [3.05, 3.63) is 59.9 Å². The van der Waals surface area contributed by atoms with Gasteiger partial charge in [-0.3, -0.25) is 14.4 Å². The first-order valence-corrected chi connectivity index (χ1v) is 11.9. The van der Waals surface area contributed by atoms with Crippen LogP contribution in [0.15, 0.2) is 48.7 Å². The minimum Gasteiger partial charge on any atom is -0.480 e.